The van der Waals surface area contributed by atoms with Crippen molar-refractivity contribution in [3.8, 4) is 11.5 Å². The highest BCUT2D eigenvalue weighted by molar-refractivity contribution is 5.85. The first kappa shape index (κ1) is 22.0. The Morgan fingerprint density at radius 3 is 2.28 bits per heavy atom. The molecule has 1 heterocycles. The summed E-state index contributed by atoms with van der Waals surface area (Å²) in [6.07, 6.45) is 0.515. The average molecular weight is 374 g/mol. The fourth-order valence-corrected chi connectivity index (χ4v) is 3.91. The lowest BCUT2D eigenvalue weighted by molar-refractivity contribution is -0.1000. The molecule has 1 saturated heterocycles. The molecular formula is C19H32ClNO4. The van der Waals surface area contributed by atoms with Gasteiger partial charge in [0.2, 0.25) is 0 Å². The average Bonchev–Trinajstić information content (AvgIpc) is 2.48. The monoisotopic (exact) mass is 373 g/mol. The molecule has 1 aromatic carbocycles. The molecule has 1 atom stereocenters. The standard InChI is InChI=1S/C19H31NO4.ClH/c1-18(2)10-14(21)11-19(3,4)20(18)12-15(22)13-24-17-8-6-7-16(9-17)23-5;/h6-9,14-15,21-22H,10-13H2,1-5H3;1H. The van der Waals surface area contributed by atoms with Crippen LogP contribution in [0.15, 0.2) is 24.3 Å². The maximum Gasteiger partial charge on any atom is 0.123 e. The van der Waals surface area contributed by atoms with Crippen molar-refractivity contribution in [1.82, 2.24) is 4.90 Å². The van der Waals surface area contributed by atoms with Gasteiger partial charge in [-0.2, -0.15) is 0 Å². The van der Waals surface area contributed by atoms with E-state index in [-0.39, 0.29) is 36.2 Å². The molecule has 5 nitrogen and oxygen atoms in total. The van der Waals surface area contributed by atoms with Gasteiger partial charge >= 0.3 is 0 Å². The van der Waals surface area contributed by atoms with Gasteiger partial charge in [-0.25, -0.2) is 0 Å². The number of β-amino-alcohol motifs (C(OH)–C–C–N with tert-alkyl or cyclic N) is 1. The van der Waals surface area contributed by atoms with Gasteiger partial charge in [-0.3, -0.25) is 4.90 Å². The molecule has 0 spiro atoms. The molecule has 144 valence electrons. The van der Waals surface area contributed by atoms with Crippen LogP contribution in [0.25, 0.3) is 0 Å². The van der Waals surface area contributed by atoms with Crippen molar-refractivity contribution < 1.29 is 19.7 Å². The highest BCUT2D eigenvalue weighted by Crippen LogP contribution is 2.38. The van der Waals surface area contributed by atoms with E-state index in [1.54, 1.807) is 13.2 Å². The van der Waals surface area contributed by atoms with Gasteiger partial charge in [0.05, 0.1) is 13.2 Å². The lowest BCUT2D eigenvalue weighted by Gasteiger charge is -2.54. The van der Waals surface area contributed by atoms with Gasteiger partial charge in [0.25, 0.3) is 0 Å². The quantitative estimate of drug-likeness (QED) is 0.802. The van der Waals surface area contributed by atoms with Crippen LogP contribution in [-0.4, -0.2) is 58.7 Å². The molecule has 0 radical (unpaired) electrons. The molecule has 6 heteroatoms. The van der Waals surface area contributed by atoms with E-state index in [1.807, 2.05) is 18.2 Å². The zero-order valence-corrected chi connectivity index (χ0v) is 16.7. The first-order chi connectivity index (χ1) is 11.1. The number of methoxy groups -OCH3 is 1. The Kier molecular flexibility index (Phi) is 7.56. The number of halogens is 1. The second-order valence-electron chi connectivity index (χ2n) is 7.94. The molecule has 0 bridgehead atoms. The van der Waals surface area contributed by atoms with E-state index in [0.29, 0.717) is 25.1 Å². The molecule has 0 aromatic heterocycles. The third kappa shape index (κ3) is 5.74. The zero-order valence-electron chi connectivity index (χ0n) is 15.9. The molecule has 0 saturated carbocycles. The SMILES string of the molecule is COc1cccc(OCC(O)CN2C(C)(C)CC(O)CC2(C)C)c1.Cl. The first-order valence-corrected chi connectivity index (χ1v) is 8.55. The second-order valence-corrected chi connectivity index (χ2v) is 7.94. The molecule has 0 aliphatic carbocycles. The number of benzene rings is 1. The van der Waals surface area contributed by atoms with Crippen molar-refractivity contribution in [1.29, 1.82) is 0 Å². The lowest BCUT2D eigenvalue weighted by atomic mass is 9.78. The molecular weight excluding hydrogens is 342 g/mol. The van der Waals surface area contributed by atoms with Crippen molar-refractivity contribution in [3.05, 3.63) is 24.3 Å². The van der Waals surface area contributed by atoms with Crippen molar-refractivity contribution in [2.24, 2.45) is 0 Å². The fraction of sp³-hybridized carbons (Fsp3) is 0.684. The van der Waals surface area contributed by atoms with Crippen LogP contribution in [-0.2, 0) is 0 Å². The number of piperidine rings is 1. The Hall–Kier alpha value is -1.01. The summed E-state index contributed by atoms with van der Waals surface area (Å²) >= 11 is 0. The number of rotatable bonds is 6. The normalized spacial score (nSPS) is 21.2. The zero-order chi connectivity index (χ0) is 18.0. The summed E-state index contributed by atoms with van der Waals surface area (Å²) in [6, 6.07) is 7.37. The number of nitrogens with zero attached hydrogens (tertiary/aromatic N) is 1. The number of hydrogen-bond donors (Lipinski definition) is 2. The highest BCUT2D eigenvalue weighted by atomic mass is 35.5. The van der Waals surface area contributed by atoms with Crippen LogP contribution in [0.3, 0.4) is 0 Å². The van der Waals surface area contributed by atoms with Gasteiger partial charge in [0, 0.05) is 23.7 Å². The van der Waals surface area contributed by atoms with Crippen molar-refractivity contribution in [2.75, 3.05) is 20.3 Å². The van der Waals surface area contributed by atoms with E-state index in [4.69, 9.17) is 9.47 Å². The molecule has 1 aliphatic heterocycles. The highest BCUT2D eigenvalue weighted by Gasteiger charge is 2.45. The second kappa shape index (κ2) is 8.58. The van der Waals surface area contributed by atoms with Crippen molar-refractivity contribution in [2.45, 2.75) is 63.8 Å². The third-order valence-corrected chi connectivity index (χ3v) is 4.81. The maximum atomic E-state index is 10.5. The van der Waals surface area contributed by atoms with Gasteiger partial charge in [0.15, 0.2) is 0 Å². The van der Waals surface area contributed by atoms with Crippen LogP contribution in [0.2, 0.25) is 0 Å². The van der Waals surface area contributed by atoms with Gasteiger partial charge in [0.1, 0.15) is 24.2 Å². The molecule has 1 aromatic rings. The van der Waals surface area contributed by atoms with E-state index >= 15 is 0 Å². The van der Waals surface area contributed by atoms with E-state index in [1.165, 1.54) is 0 Å². The largest absolute Gasteiger partial charge is 0.497 e. The van der Waals surface area contributed by atoms with Crippen LogP contribution < -0.4 is 9.47 Å². The lowest BCUT2D eigenvalue weighted by Crippen LogP contribution is -2.63. The predicted octanol–water partition coefficient (Wildman–Crippen LogP) is 2.87. The summed E-state index contributed by atoms with van der Waals surface area (Å²) in [5.41, 5.74) is -0.337. The maximum absolute atomic E-state index is 10.5. The Balaban J connectivity index is 0.00000312. The summed E-state index contributed by atoms with van der Waals surface area (Å²) in [5.74, 6) is 1.41. The number of aliphatic hydroxyl groups excluding tert-OH is 2. The van der Waals surface area contributed by atoms with E-state index in [9.17, 15) is 10.2 Å². The summed E-state index contributed by atoms with van der Waals surface area (Å²) in [4.78, 5) is 2.28. The molecule has 0 amide bonds. The van der Waals surface area contributed by atoms with Gasteiger partial charge < -0.3 is 19.7 Å². The minimum absolute atomic E-state index is 0. The van der Waals surface area contributed by atoms with Gasteiger partial charge in [-0.05, 0) is 52.7 Å². The predicted molar refractivity (Wildman–Crippen MR) is 102 cm³/mol. The van der Waals surface area contributed by atoms with Crippen LogP contribution in [0.4, 0.5) is 0 Å². The Morgan fingerprint density at radius 2 is 1.72 bits per heavy atom. The number of aliphatic hydroxyl groups is 2. The summed E-state index contributed by atoms with van der Waals surface area (Å²) < 4.78 is 10.9. The topological polar surface area (TPSA) is 62.2 Å². The van der Waals surface area contributed by atoms with Crippen molar-refractivity contribution >= 4 is 12.4 Å². The van der Waals surface area contributed by atoms with Crippen LogP contribution in [0.5, 0.6) is 11.5 Å². The number of likely N-dealkylation sites (tertiary alicyclic amines) is 1. The Morgan fingerprint density at radius 1 is 1.16 bits per heavy atom. The number of hydrogen-bond acceptors (Lipinski definition) is 5. The molecule has 2 N–H and O–H groups in total. The number of ether oxygens (including phenoxy) is 2. The molecule has 1 fully saturated rings. The van der Waals surface area contributed by atoms with Gasteiger partial charge in [-0.15, -0.1) is 12.4 Å². The summed E-state index contributed by atoms with van der Waals surface area (Å²) in [5, 5.41) is 20.6. The van der Waals surface area contributed by atoms with Crippen LogP contribution in [0.1, 0.15) is 40.5 Å². The summed E-state index contributed by atoms with van der Waals surface area (Å²) in [7, 11) is 1.61. The Labute approximate surface area is 157 Å². The van der Waals surface area contributed by atoms with E-state index in [0.717, 1.165) is 5.75 Å². The van der Waals surface area contributed by atoms with Crippen LogP contribution >= 0.6 is 12.4 Å². The molecule has 25 heavy (non-hydrogen) atoms. The fourth-order valence-electron chi connectivity index (χ4n) is 3.91. The van der Waals surface area contributed by atoms with Crippen molar-refractivity contribution in [3.63, 3.8) is 0 Å². The van der Waals surface area contributed by atoms with E-state index < -0.39 is 6.10 Å². The molecule has 1 aliphatic rings. The minimum atomic E-state index is -0.606. The first-order valence-electron chi connectivity index (χ1n) is 8.55. The van der Waals surface area contributed by atoms with Gasteiger partial charge in [-0.1, -0.05) is 6.07 Å². The third-order valence-electron chi connectivity index (χ3n) is 4.81. The molecule has 2 rings (SSSR count). The Bertz CT molecular complexity index is 532. The minimum Gasteiger partial charge on any atom is -0.497 e. The molecule has 1 unspecified atom stereocenters. The van der Waals surface area contributed by atoms with E-state index in [2.05, 4.69) is 32.6 Å². The van der Waals surface area contributed by atoms with Crippen LogP contribution in [0, 0.1) is 0 Å². The smallest absolute Gasteiger partial charge is 0.123 e. The summed E-state index contributed by atoms with van der Waals surface area (Å²) in [6.45, 7) is 9.20.